The van der Waals surface area contributed by atoms with Gasteiger partial charge in [-0.05, 0) is 56.0 Å². The van der Waals surface area contributed by atoms with Gasteiger partial charge in [0.2, 0.25) is 5.91 Å². The summed E-state index contributed by atoms with van der Waals surface area (Å²) in [5.74, 6) is 0.0797. The summed E-state index contributed by atoms with van der Waals surface area (Å²) in [6, 6.07) is 7.97. The zero-order valence-electron chi connectivity index (χ0n) is 15.5. The minimum Gasteiger partial charge on any atom is -0.319 e. The molecule has 1 aromatic heterocycles. The first-order valence-electron chi connectivity index (χ1n) is 9.19. The number of anilines is 1. The van der Waals surface area contributed by atoms with Gasteiger partial charge in [-0.15, -0.1) is 0 Å². The minimum absolute atomic E-state index is 0.0490. The highest BCUT2D eigenvalue weighted by atomic mass is 16.2. The molecule has 0 unspecified atom stereocenters. The molecule has 26 heavy (non-hydrogen) atoms. The van der Waals surface area contributed by atoms with Gasteiger partial charge in [0.25, 0.3) is 5.56 Å². The molecule has 1 aliphatic rings. The molecule has 0 saturated heterocycles. The summed E-state index contributed by atoms with van der Waals surface area (Å²) in [5.41, 5.74) is 4.87. The zero-order valence-corrected chi connectivity index (χ0v) is 15.5. The number of nitrogens with zero attached hydrogens (tertiary/aromatic N) is 2. The van der Waals surface area contributed by atoms with Crippen LogP contribution in [0.5, 0.6) is 0 Å². The van der Waals surface area contributed by atoms with Crippen LogP contribution in [-0.4, -0.2) is 36.7 Å². The van der Waals surface area contributed by atoms with Crippen LogP contribution < -0.4 is 15.8 Å². The van der Waals surface area contributed by atoms with Crippen LogP contribution >= 0.6 is 0 Å². The molecule has 6 nitrogen and oxygen atoms in total. The fraction of sp³-hybridized carbons (Fsp3) is 0.450. The standard InChI is InChI=1S/C20H26N4O2/c1-21-11-10-19(25)24(2)15-7-5-6-14(12-15)13-18-16-8-3-4-9-17(16)20(26)23-22-18/h5-7,12,21H,3-4,8-11,13H2,1-2H3,(H,23,26). The van der Waals surface area contributed by atoms with Gasteiger partial charge in [-0.1, -0.05) is 12.1 Å². The van der Waals surface area contributed by atoms with Crippen molar-refractivity contribution in [2.75, 3.05) is 25.5 Å². The van der Waals surface area contributed by atoms with Crippen LogP contribution in [0.15, 0.2) is 29.1 Å². The number of hydrogen-bond donors (Lipinski definition) is 2. The molecular formula is C20H26N4O2. The lowest BCUT2D eigenvalue weighted by Crippen LogP contribution is -2.28. The molecule has 2 N–H and O–H groups in total. The molecule has 1 amide bonds. The second-order valence-electron chi connectivity index (χ2n) is 6.82. The fourth-order valence-corrected chi connectivity index (χ4v) is 3.49. The van der Waals surface area contributed by atoms with Crippen molar-refractivity contribution in [1.29, 1.82) is 0 Å². The Morgan fingerprint density at radius 1 is 1.27 bits per heavy atom. The summed E-state index contributed by atoms with van der Waals surface area (Å²) in [7, 11) is 3.64. The van der Waals surface area contributed by atoms with Gasteiger partial charge in [0.15, 0.2) is 0 Å². The summed E-state index contributed by atoms with van der Waals surface area (Å²) in [6.07, 6.45) is 5.05. The van der Waals surface area contributed by atoms with Gasteiger partial charge in [0.05, 0.1) is 5.69 Å². The molecule has 1 heterocycles. The maximum Gasteiger partial charge on any atom is 0.267 e. The molecule has 0 atom stereocenters. The van der Waals surface area contributed by atoms with Crippen molar-refractivity contribution in [3.8, 4) is 0 Å². The maximum absolute atomic E-state index is 12.2. The van der Waals surface area contributed by atoms with E-state index in [9.17, 15) is 9.59 Å². The number of amides is 1. The van der Waals surface area contributed by atoms with Crippen molar-refractivity contribution in [2.24, 2.45) is 0 Å². The van der Waals surface area contributed by atoms with Gasteiger partial charge in [0.1, 0.15) is 0 Å². The molecular weight excluding hydrogens is 328 g/mol. The first-order valence-corrected chi connectivity index (χ1v) is 9.19. The molecule has 0 spiro atoms. The normalized spacial score (nSPS) is 13.3. The van der Waals surface area contributed by atoms with E-state index in [-0.39, 0.29) is 11.5 Å². The molecule has 1 aliphatic carbocycles. The molecule has 3 rings (SSSR count). The van der Waals surface area contributed by atoms with E-state index in [0.29, 0.717) is 19.4 Å². The Balaban J connectivity index is 1.82. The average Bonchev–Trinajstić information content (AvgIpc) is 2.68. The Labute approximate surface area is 153 Å². The van der Waals surface area contributed by atoms with Gasteiger partial charge < -0.3 is 10.2 Å². The number of benzene rings is 1. The van der Waals surface area contributed by atoms with Gasteiger partial charge in [-0.3, -0.25) is 9.59 Å². The van der Waals surface area contributed by atoms with Crippen LogP contribution in [0.3, 0.4) is 0 Å². The summed E-state index contributed by atoms with van der Waals surface area (Å²) in [4.78, 5) is 25.9. The summed E-state index contributed by atoms with van der Waals surface area (Å²) in [5, 5.41) is 9.96. The van der Waals surface area contributed by atoms with E-state index in [0.717, 1.165) is 53.8 Å². The Bertz CT molecular complexity index is 844. The number of nitrogens with one attached hydrogen (secondary N) is 2. The predicted molar refractivity (Wildman–Crippen MR) is 103 cm³/mol. The lowest BCUT2D eigenvalue weighted by Gasteiger charge is -2.19. The number of H-pyrrole nitrogens is 1. The van der Waals surface area contributed by atoms with Crippen molar-refractivity contribution in [2.45, 2.75) is 38.5 Å². The number of aromatic nitrogens is 2. The summed E-state index contributed by atoms with van der Waals surface area (Å²) < 4.78 is 0. The lowest BCUT2D eigenvalue weighted by molar-refractivity contribution is -0.118. The van der Waals surface area contributed by atoms with Gasteiger partial charge in [-0.25, -0.2) is 5.10 Å². The van der Waals surface area contributed by atoms with Crippen LogP contribution in [0.2, 0.25) is 0 Å². The topological polar surface area (TPSA) is 78.1 Å². The first kappa shape index (κ1) is 18.3. The lowest BCUT2D eigenvalue weighted by atomic mass is 9.90. The Morgan fingerprint density at radius 2 is 2.04 bits per heavy atom. The molecule has 2 aromatic rings. The highest BCUT2D eigenvalue weighted by Crippen LogP contribution is 2.23. The summed E-state index contributed by atoms with van der Waals surface area (Å²) >= 11 is 0. The highest BCUT2D eigenvalue weighted by Gasteiger charge is 2.18. The number of fused-ring (bicyclic) bond motifs is 1. The van der Waals surface area contributed by atoms with Crippen LogP contribution in [0.4, 0.5) is 5.69 Å². The third kappa shape index (κ3) is 4.02. The Kier molecular flexibility index (Phi) is 5.83. The average molecular weight is 354 g/mol. The van der Waals surface area contributed by atoms with E-state index >= 15 is 0 Å². The molecule has 0 saturated carbocycles. The van der Waals surface area contributed by atoms with E-state index < -0.39 is 0 Å². The van der Waals surface area contributed by atoms with Gasteiger partial charge >= 0.3 is 0 Å². The van der Waals surface area contributed by atoms with Crippen molar-refractivity contribution < 1.29 is 4.79 Å². The number of carbonyl (C=O) groups is 1. The number of rotatable bonds is 6. The van der Waals surface area contributed by atoms with Crippen LogP contribution in [-0.2, 0) is 24.1 Å². The van der Waals surface area contributed by atoms with Gasteiger partial charge in [0, 0.05) is 37.7 Å². The number of hydrogen-bond acceptors (Lipinski definition) is 4. The Hall–Kier alpha value is -2.47. The molecule has 0 bridgehead atoms. The molecule has 6 heteroatoms. The molecule has 1 aromatic carbocycles. The third-order valence-electron chi connectivity index (χ3n) is 5.02. The SMILES string of the molecule is CNCCC(=O)N(C)c1cccc(Cc2n[nH]c(=O)c3c2CCCC3)c1. The maximum atomic E-state index is 12.2. The van der Waals surface area contributed by atoms with E-state index in [1.54, 1.807) is 11.9 Å². The van der Waals surface area contributed by atoms with Crippen LogP contribution in [0, 0.1) is 0 Å². The predicted octanol–water partition coefficient (Wildman–Crippen LogP) is 1.81. The molecule has 138 valence electrons. The van der Waals surface area contributed by atoms with Crippen LogP contribution in [0.25, 0.3) is 0 Å². The first-order chi connectivity index (χ1) is 12.6. The largest absolute Gasteiger partial charge is 0.319 e. The number of carbonyl (C=O) groups excluding carboxylic acids is 1. The van der Waals surface area contributed by atoms with Crippen molar-refractivity contribution in [3.63, 3.8) is 0 Å². The molecule has 0 fully saturated rings. The van der Waals surface area contributed by atoms with E-state index in [2.05, 4.69) is 15.5 Å². The second-order valence-corrected chi connectivity index (χ2v) is 6.82. The highest BCUT2D eigenvalue weighted by molar-refractivity contribution is 5.92. The van der Waals surface area contributed by atoms with Crippen molar-refractivity contribution in [1.82, 2.24) is 15.5 Å². The third-order valence-corrected chi connectivity index (χ3v) is 5.02. The van der Waals surface area contributed by atoms with E-state index in [1.165, 1.54) is 0 Å². The molecule has 0 radical (unpaired) electrons. The minimum atomic E-state index is -0.0490. The van der Waals surface area contributed by atoms with Gasteiger partial charge in [-0.2, -0.15) is 5.10 Å². The smallest absolute Gasteiger partial charge is 0.267 e. The fourth-order valence-electron chi connectivity index (χ4n) is 3.49. The van der Waals surface area contributed by atoms with Crippen molar-refractivity contribution >= 4 is 11.6 Å². The number of aromatic amines is 1. The zero-order chi connectivity index (χ0) is 18.5. The van der Waals surface area contributed by atoms with E-state index in [4.69, 9.17) is 0 Å². The monoisotopic (exact) mass is 354 g/mol. The van der Waals surface area contributed by atoms with Crippen molar-refractivity contribution in [3.05, 3.63) is 57.0 Å². The van der Waals surface area contributed by atoms with Crippen LogP contribution in [0.1, 0.15) is 41.6 Å². The second kappa shape index (κ2) is 8.27. The van der Waals surface area contributed by atoms with E-state index in [1.807, 2.05) is 31.3 Å². The quantitative estimate of drug-likeness (QED) is 0.829. The summed E-state index contributed by atoms with van der Waals surface area (Å²) in [6.45, 7) is 0.663. The molecule has 0 aliphatic heterocycles. The Morgan fingerprint density at radius 3 is 2.81 bits per heavy atom.